The van der Waals surface area contributed by atoms with Crippen LogP contribution in [0.15, 0.2) is 120 Å². The van der Waals surface area contributed by atoms with Crippen LogP contribution in [0.3, 0.4) is 0 Å². The number of nitrogens with zero attached hydrogens (tertiary/aromatic N) is 1. The van der Waals surface area contributed by atoms with Gasteiger partial charge in [0.1, 0.15) is 11.5 Å². The third kappa shape index (κ3) is 3.93. The number of anilines is 1. The van der Waals surface area contributed by atoms with Gasteiger partial charge >= 0.3 is 0 Å². The van der Waals surface area contributed by atoms with E-state index in [9.17, 15) is 0 Å². The Balaban J connectivity index is 1.68. The highest BCUT2D eigenvalue weighted by Gasteiger charge is 2.31. The fraction of sp³-hybridized carbons (Fsp3) is 0.0690. The zero-order valence-electron chi connectivity index (χ0n) is 17.9. The van der Waals surface area contributed by atoms with E-state index in [-0.39, 0.29) is 5.92 Å². The lowest BCUT2D eigenvalue weighted by Crippen LogP contribution is -2.18. The standard InChI is InChI=1S/C29H24N2O/c1-21-12-8-9-17-24(21)28-25-18-10-11-19-27(25)32-29(22-13-4-2-5-14-22)26(28)20-30-31-23-15-6-3-7-16-23/h2-20,28,31H,1H3/b30-20+/t28-/m0/s1. The van der Waals surface area contributed by atoms with Gasteiger partial charge in [0.2, 0.25) is 0 Å². The van der Waals surface area contributed by atoms with Crippen molar-refractivity contribution in [3.8, 4) is 5.75 Å². The summed E-state index contributed by atoms with van der Waals surface area (Å²) in [7, 11) is 0. The van der Waals surface area contributed by atoms with Crippen LogP contribution in [0.1, 0.15) is 28.2 Å². The van der Waals surface area contributed by atoms with Crippen LogP contribution in [0, 0.1) is 6.92 Å². The summed E-state index contributed by atoms with van der Waals surface area (Å²) in [4.78, 5) is 0. The first-order valence-corrected chi connectivity index (χ1v) is 10.8. The molecular weight excluding hydrogens is 392 g/mol. The molecule has 5 rings (SSSR count). The molecule has 32 heavy (non-hydrogen) atoms. The number of allylic oxidation sites excluding steroid dienone is 1. The molecule has 0 aromatic heterocycles. The third-order valence-corrected chi connectivity index (χ3v) is 5.72. The summed E-state index contributed by atoms with van der Waals surface area (Å²) in [5.74, 6) is 1.72. The normalized spacial score (nSPS) is 15.3. The molecular formula is C29H24N2O. The number of benzene rings is 4. The van der Waals surface area contributed by atoms with E-state index in [1.807, 2.05) is 66.9 Å². The Kier molecular flexibility index (Phi) is 5.54. The SMILES string of the molecule is Cc1ccccc1[C@@H]1C(/C=N/Nc2ccccc2)=C(c2ccccc2)Oc2ccccc21. The number of ether oxygens (including phenoxy) is 1. The third-order valence-electron chi connectivity index (χ3n) is 5.72. The summed E-state index contributed by atoms with van der Waals surface area (Å²) in [6, 6.07) is 37.0. The lowest BCUT2D eigenvalue weighted by atomic mass is 9.80. The average Bonchev–Trinajstić information content (AvgIpc) is 2.85. The van der Waals surface area contributed by atoms with Crippen molar-refractivity contribution in [3.05, 3.63) is 137 Å². The molecule has 0 bridgehead atoms. The van der Waals surface area contributed by atoms with Crippen LogP contribution in [-0.4, -0.2) is 6.21 Å². The number of para-hydroxylation sites is 2. The van der Waals surface area contributed by atoms with E-state index in [0.29, 0.717) is 0 Å². The van der Waals surface area contributed by atoms with Crippen LogP contribution in [0.5, 0.6) is 5.75 Å². The molecule has 156 valence electrons. The van der Waals surface area contributed by atoms with Gasteiger partial charge in [-0.15, -0.1) is 0 Å². The van der Waals surface area contributed by atoms with Crippen LogP contribution in [0.4, 0.5) is 5.69 Å². The Bertz CT molecular complexity index is 1280. The van der Waals surface area contributed by atoms with Gasteiger partial charge in [-0.2, -0.15) is 5.10 Å². The second-order valence-electron chi connectivity index (χ2n) is 7.82. The number of nitrogens with one attached hydrogen (secondary N) is 1. The molecule has 3 heteroatoms. The molecule has 1 atom stereocenters. The molecule has 0 unspecified atom stereocenters. The first-order chi connectivity index (χ1) is 15.8. The molecule has 1 N–H and O–H groups in total. The monoisotopic (exact) mass is 416 g/mol. The lowest BCUT2D eigenvalue weighted by Gasteiger charge is -2.30. The average molecular weight is 417 g/mol. The summed E-state index contributed by atoms with van der Waals surface area (Å²) in [5.41, 5.74) is 9.77. The van der Waals surface area contributed by atoms with E-state index in [1.165, 1.54) is 11.1 Å². The quantitative estimate of drug-likeness (QED) is 0.280. The summed E-state index contributed by atoms with van der Waals surface area (Å²) in [5, 5.41) is 4.61. The predicted octanol–water partition coefficient (Wildman–Crippen LogP) is 7.03. The smallest absolute Gasteiger partial charge is 0.140 e. The van der Waals surface area contributed by atoms with Gasteiger partial charge in [0.05, 0.1) is 11.9 Å². The molecule has 0 amide bonds. The maximum Gasteiger partial charge on any atom is 0.140 e. The van der Waals surface area contributed by atoms with Gasteiger partial charge in [0, 0.05) is 22.6 Å². The molecule has 0 aliphatic carbocycles. The minimum Gasteiger partial charge on any atom is -0.456 e. The Morgan fingerprint density at radius 3 is 2.09 bits per heavy atom. The summed E-state index contributed by atoms with van der Waals surface area (Å²) >= 11 is 0. The van der Waals surface area contributed by atoms with Crippen LogP contribution in [-0.2, 0) is 0 Å². The Hall–Kier alpha value is -4.11. The van der Waals surface area contributed by atoms with Gasteiger partial charge in [-0.05, 0) is 36.2 Å². The molecule has 0 spiro atoms. The van der Waals surface area contributed by atoms with E-state index in [0.717, 1.165) is 33.9 Å². The van der Waals surface area contributed by atoms with Gasteiger partial charge in [0.15, 0.2) is 0 Å². The highest BCUT2D eigenvalue weighted by molar-refractivity contribution is 5.94. The largest absolute Gasteiger partial charge is 0.456 e. The zero-order valence-corrected chi connectivity index (χ0v) is 17.9. The van der Waals surface area contributed by atoms with Crippen molar-refractivity contribution in [2.24, 2.45) is 5.10 Å². The highest BCUT2D eigenvalue weighted by Crippen LogP contribution is 2.45. The summed E-state index contributed by atoms with van der Waals surface area (Å²) in [6.45, 7) is 2.16. The van der Waals surface area contributed by atoms with Crippen molar-refractivity contribution in [1.82, 2.24) is 0 Å². The van der Waals surface area contributed by atoms with Crippen molar-refractivity contribution < 1.29 is 4.74 Å². The van der Waals surface area contributed by atoms with Gasteiger partial charge < -0.3 is 4.74 Å². The second kappa shape index (κ2) is 8.94. The Morgan fingerprint density at radius 2 is 1.34 bits per heavy atom. The van der Waals surface area contributed by atoms with E-state index >= 15 is 0 Å². The molecule has 0 saturated carbocycles. The molecule has 0 saturated heterocycles. The maximum absolute atomic E-state index is 6.49. The molecule has 1 aliphatic heterocycles. The van der Waals surface area contributed by atoms with Gasteiger partial charge in [-0.1, -0.05) is 91.0 Å². The fourth-order valence-corrected chi connectivity index (χ4v) is 4.16. The number of hydrogen-bond acceptors (Lipinski definition) is 3. The highest BCUT2D eigenvalue weighted by atomic mass is 16.5. The van der Waals surface area contributed by atoms with Crippen LogP contribution in [0.25, 0.3) is 5.76 Å². The number of aryl methyl sites for hydroxylation is 1. The first-order valence-electron chi connectivity index (χ1n) is 10.8. The van der Waals surface area contributed by atoms with Crippen LogP contribution < -0.4 is 10.2 Å². The lowest BCUT2D eigenvalue weighted by molar-refractivity contribution is 0.489. The molecule has 0 fully saturated rings. The maximum atomic E-state index is 6.49. The minimum absolute atomic E-state index is 0.0117. The van der Waals surface area contributed by atoms with Gasteiger partial charge in [0.25, 0.3) is 0 Å². The van der Waals surface area contributed by atoms with Crippen molar-refractivity contribution >= 4 is 17.7 Å². The van der Waals surface area contributed by atoms with E-state index in [1.54, 1.807) is 0 Å². The van der Waals surface area contributed by atoms with E-state index in [2.05, 4.69) is 66.0 Å². The van der Waals surface area contributed by atoms with Crippen molar-refractivity contribution in [1.29, 1.82) is 0 Å². The summed E-state index contributed by atoms with van der Waals surface area (Å²) in [6.07, 6.45) is 1.91. The number of hydrogen-bond donors (Lipinski definition) is 1. The van der Waals surface area contributed by atoms with Crippen LogP contribution >= 0.6 is 0 Å². The molecule has 4 aromatic carbocycles. The zero-order chi connectivity index (χ0) is 21.8. The predicted molar refractivity (Wildman–Crippen MR) is 132 cm³/mol. The molecule has 3 nitrogen and oxygen atoms in total. The second-order valence-corrected chi connectivity index (χ2v) is 7.82. The van der Waals surface area contributed by atoms with Gasteiger partial charge in [-0.3, -0.25) is 5.43 Å². The number of fused-ring (bicyclic) bond motifs is 1. The molecule has 1 aliphatic rings. The molecule has 1 heterocycles. The van der Waals surface area contributed by atoms with Crippen molar-refractivity contribution in [2.45, 2.75) is 12.8 Å². The van der Waals surface area contributed by atoms with Crippen LogP contribution in [0.2, 0.25) is 0 Å². The summed E-state index contributed by atoms with van der Waals surface area (Å²) < 4.78 is 6.49. The number of rotatable bonds is 5. The Morgan fingerprint density at radius 1 is 0.719 bits per heavy atom. The Labute approximate surface area is 188 Å². The van der Waals surface area contributed by atoms with E-state index < -0.39 is 0 Å². The topological polar surface area (TPSA) is 33.6 Å². The molecule has 0 radical (unpaired) electrons. The van der Waals surface area contributed by atoms with Crippen molar-refractivity contribution in [3.63, 3.8) is 0 Å². The minimum atomic E-state index is 0.0117. The fourth-order valence-electron chi connectivity index (χ4n) is 4.16. The van der Waals surface area contributed by atoms with Crippen molar-refractivity contribution in [2.75, 3.05) is 5.43 Å². The van der Waals surface area contributed by atoms with E-state index in [4.69, 9.17) is 4.74 Å². The molecule has 4 aromatic rings. The van der Waals surface area contributed by atoms with Gasteiger partial charge in [-0.25, -0.2) is 0 Å². The number of hydrazone groups is 1. The first kappa shape index (κ1) is 19.8.